The molecule has 5 nitrogen and oxygen atoms in total. The van der Waals surface area contributed by atoms with Crippen molar-refractivity contribution in [1.29, 1.82) is 5.26 Å². The van der Waals surface area contributed by atoms with Crippen molar-refractivity contribution in [3.8, 4) is 6.07 Å². The van der Waals surface area contributed by atoms with E-state index in [1.807, 2.05) is 41.0 Å². The fourth-order valence-corrected chi connectivity index (χ4v) is 4.59. The molecule has 0 aliphatic rings. The summed E-state index contributed by atoms with van der Waals surface area (Å²) in [5, 5.41) is 10.4. The zero-order chi connectivity index (χ0) is 22.0. The summed E-state index contributed by atoms with van der Waals surface area (Å²) in [4.78, 5) is -0.371. The fourth-order valence-electron chi connectivity index (χ4n) is 3.44. The highest BCUT2D eigenvalue weighted by Gasteiger charge is 2.21. The molecule has 0 aliphatic heterocycles. The van der Waals surface area contributed by atoms with Gasteiger partial charge >= 0.3 is 0 Å². The summed E-state index contributed by atoms with van der Waals surface area (Å²) in [5.41, 5.74) is 8.27. The number of aromatic nitrogens is 1. The summed E-state index contributed by atoms with van der Waals surface area (Å²) in [5.74, 6) is -0.324. The van der Waals surface area contributed by atoms with Crippen molar-refractivity contribution in [2.45, 2.75) is 11.4 Å². The molecule has 154 valence electrons. The molecule has 0 saturated carbocycles. The minimum atomic E-state index is -4.00. The third kappa shape index (κ3) is 4.06. The van der Waals surface area contributed by atoms with Crippen LogP contribution in [0.15, 0.2) is 88.8 Å². The highest BCUT2D eigenvalue weighted by molar-refractivity contribution is 7.95. The molecule has 0 radical (unpaired) electrons. The van der Waals surface area contributed by atoms with Crippen molar-refractivity contribution in [3.63, 3.8) is 0 Å². The number of nitrogen functional groups attached to an aromatic ring is 1. The Labute approximate surface area is 179 Å². The lowest BCUT2D eigenvalue weighted by Gasteiger charge is -2.05. The quantitative estimate of drug-likeness (QED) is 0.365. The second-order valence-corrected chi connectivity index (χ2v) is 8.97. The Hall–Kier alpha value is -3.89. The summed E-state index contributed by atoms with van der Waals surface area (Å²) < 4.78 is 41.4. The van der Waals surface area contributed by atoms with Gasteiger partial charge in [0, 0.05) is 34.9 Å². The minimum absolute atomic E-state index is 0.00185. The lowest BCUT2D eigenvalue weighted by molar-refractivity contribution is 0.603. The van der Waals surface area contributed by atoms with Crippen molar-refractivity contribution < 1.29 is 12.8 Å². The van der Waals surface area contributed by atoms with Crippen LogP contribution in [-0.2, 0) is 16.4 Å². The molecule has 7 heteroatoms. The number of para-hydroxylation sites is 1. The molecule has 0 bridgehead atoms. The standard InChI is InChI=1S/C24H18FN3O2S/c25-19-5-3-4-17(12-19)15-28-16-18(23-6-1-2-7-24(23)28)13-22(14-26)31(29,30)21-10-8-20(27)9-11-21/h1-13,16H,15,27H2/b22-13+. The predicted molar refractivity (Wildman–Crippen MR) is 119 cm³/mol. The summed E-state index contributed by atoms with van der Waals surface area (Å²) in [6, 6.07) is 21.3. The number of anilines is 1. The van der Waals surface area contributed by atoms with Gasteiger partial charge in [-0.05, 0) is 54.1 Å². The van der Waals surface area contributed by atoms with Crippen molar-refractivity contribution in [3.05, 3.63) is 101 Å². The van der Waals surface area contributed by atoms with Gasteiger partial charge in [-0.3, -0.25) is 0 Å². The highest BCUT2D eigenvalue weighted by atomic mass is 32.2. The summed E-state index contributed by atoms with van der Waals surface area (Å²) in [6.07, 6.45) is 3.14. The minimum Gasteiger partial charge on any atom is -0.399 e. The molecule has 0 fully saturated rings. The molecule has 4 aromatic rings. The molecule has 0 unspecified atom stereocenters. The summed E-state index contributed by atoms with van der Waals surface area (Å²) in [7, 11) is -4.00. The Morgan fingerprint density at radius 2 is 1.81 bits per heavy atom. The number of nitrogens with two attached hydrogens (primary N) is 1. The third-order valence-corrected chi connectivity index (χ3v) is 6.62. The molecule has 0 saturated heterocycles. The smallest absolute Gasteiger partial charge is 0.216 e. The van der Waals surface area contributed by atoms with Gasteiger partial charge in [0.05, 0.1) is 4.90 Å². The summed E-state index contributed by atoms with van der Waals surface area (Å²) in [6.45, 7) is 0.402. The number of sulfone groups is 1. The molecule has 0 aliphatic carbocycles. The van der Waals surface area contributed by atoms with E-state index in [9.17, 15) is 18.1 Å². The highest BCUT2D eigenvalue weighted by Crippen LogP contribution is 2.28. The van der Waals surface area contributed by atoms with E-state index in [-0.39, 0.29) is 15.6 Å². The molecule has 2 N–H and O–H groups in total. The zero-order valence-electron chi connectivity index (χ0n) is 16.4. The van der Waals surface area contributed by atoms with Crippen LogP contribution in [0.3, 0.4) is 0 Å². The van der Waals surface area contributed by atoms with E-state index in [1.165, 1.54) is 42.5 Å². The Bertz CT molecular complexity index is 1450. The van der Waals surface area contributed by atoms with Crippen LogP contribution in [0, 0.1) is 17.1 Å². The first-order chi connectivity index (χ1) is 14.9. The lowest BCUT2D eigenvalue weighted by Crippen LogP contribution is -2.03. The number of halogens is 1. The number of hydrogen-bond acceptors (Lipinski definition) is 4. The number of rotatable bonds is 5. The van der Waals surface area contributed by atoms with Crippen LogP contribution in [0.1, 0.15) is 11.1 Å². The maximum atomic E-state index is 13.6. The molecule has 0 atom stereocenters. The van der Waals surface area contributed by atoms with Gasteiger partial charge in [-0.15, -0.1) is 0 Å². The first kappa shape index (κ1) is 20.4. The molecule has 3 aromatic carbocycles. The topological polar surface area (TPSA) is 88.9 Å². The zero-order valence-corrected chi connectivity index (χ0v) is 17.2. The van der Waals surface area contributed by atoms with Crippen LogP contribution in [0.25, 0.3) is 17.0 Å². The van der Waals surface area contributed by atoms with E-state index in [0.717, 1.165) is 16.5 Å². The van der Waals surface area contributed by atoms with Crippen LogP contribution in [0.4, 0.5) is 10.1 Å². The van der Waals surface area contributed by atoms with E-state index in [0.29, 0.717) is 17.8 Å². The normalized spacial score (nSPS) is 12.1. The second kappa shape index (κ2) is 8.09. The van der Waals surface area contributed by atoms with Crippen LogP contribution in [0.2, 0.25) is 0 Å². The van der Waals surface area contributed by atoms with Gasteiger partial charge in [-0.25, -0.2) is 12.8 Å². The van der Waals surface area contributed by atoms with Crippen molar-refractivity contribution in [2.75, 3.05) is 5.73 Å². The van der Waals surface area contributed by atoms with Gasteiger partial charge in [-0.2, -0.15) is 5.26 Å². The predicted octanol–water partition coefficient (Wildman–Crippen LogP) is 4.75. The van der Waals surface area contributed by atoms with E-state index < -0.39 is 9.84 Å². The third-order valence-electron chi connectivity index (χ3n) is 4.94. The molecule has 0 spiro atoms. The van der Waals surface area contributed by atoms with E-state index in [4.69, 9.17) is 5.73 Å². The molecular weight excluding hydrogens is 413 g/mol. The SMILES string of the molecule is N#C/C(=C\c1cn(Cc2cccc(F)c2)c2ccccc12)S(=O)(=O)c1ccc(N)cc1. The molecular formula is C24H18FN3O2S. The van der Waals surface area contributed by atoms with E-state index in [2.05, 4.69) is 0 Å². The van der Waals surface area contributed by atoms with Gasteiger partial charge in [0.25, 0.3) is 0 Å². The number of fused-ring (bicyclic) bond motifs is 1. The first-order valence-corrected chi connectivity index (χ1v) is 10.9. The summed E-state index contributed by atoms with van der Waals surface area (Å²) >= 11 is 0. The van der Waals surface area contributed by atoms with Crippen molar-refractivity contribution in [2.24, 2.45) is 0 Å². The number of hydrogen-bond donors (Lipinski definition) is 1. The van der Waals surface area contributed by atoms with Gasteiger partial charge in [0.15, 0.2) is 0 Å². The fraction of sp³-hybridized carbons (Fsp3) is 0.0417. The number of nitrogens with zero attached hydrogens (tertiary/aromatic N) is 2. The number of nitriles is 1. The van der Waals surface area contributed by atoms with Crippen LogP contribution in [-0.4, -0.2) is 13.0 Å². The van der Waals surface area contributed by atoms with Gasteiger partial charge in [0.2, 0.25) is 9.84 Å². The Balaban J connectivity index is 1.81. The van der Waals surface area contributed by atoms with Crippen molar-refractivity contribution >= 4 is 32.5 Å². The van der Waals surface area contributed by atoms with E-state index >= 15 is 0 Å². The van der Waals surface area contributed by atoms with E-state index in [1.54, 1.807) is 12.3 Å². The average Bonchev–Trinajstić information content (AvgIpc) is 3.09. The molecule has 1 heterocycles. The average molecular weight is 431 g/mol. The number of allylic oxidation sites excluding steroid dienone is 1. The van der Waals surface area contributed by atoms with Gasteiger partial charge in [-0.1, -0.05) is 30.3 Å². The monoisotopic (exact) mass is 431 g/mol. The van der Waals surface area contributed by atoms with Crippen LogP contribution in [0.5, 0.6) is 0 Å². The maximum Gasteiger partial charge on any atom is 0.216 e. The van der Waals surface area contributed by atoms with Crippen LogP contribution >= 0.6 is 0 Å². The maximum absolute atomic E-state index is 13.6. The molecule has 1 aromatic heterocycles. The Morgan fingerprint density at radius 1 is 1.06 bits per heavy atom. The largest absolute Gasteiger partial charge is 0.399 e. The molecule has 4 rings (SSSR count). The lowest BCUT2D eigenvalue weighted by atomic mass is 10.1. The second-order valence-electron chi connectivity index (χ2n) is 7.05. The van der Waals surface area contributed by atoms with Crippen LogP contribution < -0.4 is 5.73 Å². The van der Waals surface area contributed by atoms with Crippen molar-refractivity contribution in [1.82, 2.24) is 4.57 Å². The Kier molecular flexibility index (Phi) is 5.32. The van der Waals surface area contributed by atoms with Gasteiger partial charge < -0.3 is 10.3 Å². The molecule has 31 heavy (non-hydrogen) atoms. The number of benzene rings is 3. The molecule has 0 amide bonds. The Morgan fingerprint density at radius 3 is 2.52 bits per heavy atom. The first-order valence-electron chi connectivity index (χ1n) is 9.43. The van der Waals surface area contributed by atoms with Gasteiger partial charge in [0.1, 0.15) is 16.8 Å².